The summed E-state index contributed by atoms with van der Waals surface area (Å²) in [5.74, 6) is 0.0155. The Morgan fingerprint density at radius 3 is 2.58 bits per heavy atom. The van der Waals surface area contributed by atoms with Gasteiger partial charge >= 0.3 is 11.9 Å². The fourth-order valence-corrected chi connectivity index (χ4v) is 4.31. The summed E-state index contributed by atoms with van der Waals surface area (Å²) >= 11 is 0. The lowest BCUT2D eigenvalue weighted by atomic mass is 9.69. The highest BCUT2D eigenvalue weighted by atomic mass is 16.4. The van der Waals surface area contributed by atoms with Crippen molar-refractivity contribution >= 4 is 11.9 Å². The Morgan fingerprint density at radius 1 is 1.21 bits per heavy atom. The van der Waals surface area contributed by atoms with Gasteiger partial charge in [0.15, 0.2) is 0 Å². The first kappa shape index (κ1) is 19.2. The molecule has 1 aliphatic carbocycles. The molecule has 24 heavy (non-hydrogen) atoms. The van der Waals surface area contributed by atoms with Crippen LogP contribution in [-0.4, -0.2) is 58.8 Å². The molecule has 2 rings (SSSR count). The molecule has 2 fully saturated rings. The number of rotatable bonds is 8. The summed E-state index contributed by atoms with van der Waals surface area (Å²) in [6, 6.07) is -0.867. The summed E-state index contributed by atoms with van der Waals surface area (Å²) in [5, 5.41) is 21.7. The highest BCUT2D eigenvalue weighted by molar-refractivity contribution is 5.73. The van der Waals surface area contributed by atoms with Crippen molar-refractivity contribution in [1.82, 2.24) is 10.2 Å². The van der Waals surface area contributed by atoms with Crippen LogP contribution in [-0.2, 0) is 9.59 Å². The third-order valence-electron chi connectivity index (χ3n) is 5.91. The Balaban J connectivity index is 1.93. The van der Waals surface area contributed by atoms with Crippen molar-refractivity contribution in [3.8, 4) is 0 Å². The van der Waals surface area contributed by atoms with E-state index in [1.807, 2.05) is 0 Å². The number of carbonyl (C=O) groups is 2. The fraction of sp³-hybridized carbons (Fsp3) is 0.889. The molecule has 1 aliphatic heterocycles. The lowest BCUT2D eigenvalue weighted by Gasteiger charge is -2.43. The van der Waals surface area contributed by atoms with Crippen molar-refractivity contribution in [2.24, 2.45) is 17.8 Å². The number of nitrogens with one attached hydrogen (secondary N) is 1. The Bertz CT molecular complexity index is 443. The van der Waals surface area contributed by atoms with Gasteiger partial charge in [-0.3, -0.25) is 14.5 Å². The molecule has 5 atom stereocenters. The van der Waals surface area contributed by atoms with E-state index in [0.717, 1.165) is 51.7 Å². The number of aliphatic carboxylic acids is 2. The van der Waals surface area contributed by atoms with Crippen molar-refractivity contribution in [3.05, 3.63) is 0 Å². The molecular weight excluding hydrogens is 308 g/mol. The van der Waals surface area contributed by atoms with Gasteiger partial charge in [-0.2, -0.15) is 0 Å². The van der Waals surface area contributed by atoms with E-state index in [2.05, 4.69) is 17.1 Å². The fourth-order valence-electron chi connectivity index (χ4n) is 4.31. The summed E-state index contributed by atoms with van der Waals surface area (Å²) in [6.45, 7) is 6.35. The van der Waals surface area contributed by atoms with Crippen molar-refractivity contribution in [3.63, 3.8) is 0 Å². The van der Waals surface area contributed by atoms with E-state index >= 15 is 0 Å². The van der Waals surface area contributed by atoms with Gasteiger partial charge in [-0.1, -0.05) is 13.3 Å². The molecule has 0 radical (unpaired) electrons. The van der Waals surface area contributed by atoms with Gasteiger partial charge in [-0.25, -0.2) is 0 Å². The molecule has 1 saturated carbocycles. The maximum absolute atomic E-state index is 11.4. The minimum atomic E-state index is -0.757. The second kappa shape index (κ2) is 8.81. The molecule has 0 spiro atoms. The van der Waals surface area contributed by atoms with Gasteiger partial charge < -0.3 is 15.5 Å². The number of hydrogen-bond donors (Lipinski definition) is 3. The van der Waals surface area contributed by atoms with E-state index in [0.29, 0.717) is 24.2 Å². The van der Waals surface area contributed by atoms with E-state index in [1.165, 1.54) is 0 Å². The first-order chi connectivity index (χ1) is 11.4. The number of piperidine rings is 1. The van der Waals surface area contributed by atoms with E-state index in [9.17, 15) is 19.8 Å². The second-order valence-electron chi connectivity index (χ2n) is 7.60. The molecule has 5 unspecified atom stereocenters. The van der Waals surface area contributed by atoms with E-state index in [-0.39, 0.29) is 0 Å². The molecule has 6 heteroatoms. The molecule has 0 aromatic carbocycles. The maximum atomic E-state index is 11.4. The quantitative estimate of drug-likeness (QED) is 0.626. The molecule has 1 heterocycles. The van der Waals surface area contributed by atoms with Crippen LogP contribution in [0.3, 0.4) is 0 Å². The minimum absolute atomic E-state index is 0.417. The van der Waals surface area contributed by atoms with Crippen molar-refractivity contribution in [2.45, 2.75) is 64.5 Å². The summed E-state index contributed by atoms with van der Waals surface area (Å²) in [5.41, 5.74) is 0. The number of nitrogens with zero attached hydrogens (tertiary/aromatic N) is 1. The number of carboxylic acids is 2. The van der Waals surface area contributed by atoms with Crippen LogP contribution >= 0.6 is 0 Å². The molecule has 3 N–H and O–H groups in total. The molecular formula is C18H32N2O4. The van der Waals surface area contributed by atoms with Crippen LogP contribution < -0.4 is 5.32 Å². The number of unbranched alkanes of at least 4 members (excludes halogenated alkanes) is 1. The normalized spacial score (nSPS) is 31.5. The zero-order valence-corrected chi connectivity index (χ0v) is 14.9. The average molecular weight is 340 g/mol. The molecule has 0 aromatic heterocycles. The minimum Gasteiger partial charge on any atom is -0.480 e. The summed E-state index contributed by atoms with van der Waals surface area (Å²) in [7, 11) is 0. The van der Waals surface area contributed by atoms with Crippen LogP contribution in [0.4, 0.5) is 0 Å². The maximum Gasteiger partial charge on any atom is 0.320 e. The summed E-state index contributed by atoms with van der Waals surface area (Å²) < 4.78 is 0. The third-order valence-corrected chi connectivity index (χ3v) is 5.91. The van der Waals surface area contributed by atoms with E-state index in [1.54, 1.807) is 6.92 Å². The van der Waals surface area contributed by atoms with Gasteiger partial charge in [-0.05, 0) is 69.9 Å². The number of carboxylic acid groups (broad SMARTS) is 2. The van der Waals surface area contributed by atoms with Crippen molar-refractivity contribution < 1.29 is 19.8 Å². The Hall–Kier alpha value is -1.14. The molecule has 2 aliphatic rings. The number of fused-ring (bicyclic) bond motifs is 1. The van der Waals surface area contributed by atoms with Crippen LogP contribution in [0, 0.1) is 17.8 Å². The van der Waals surface area contributed by atoms with Crippen LogP contribution in [0.2, 0.25) is 0 Å². The predicted molar refractivity (Wildman–Crippen MR) is 91.9 cm³/mol. The van der Waals surface area contributed by atoms with Gasteiger partial charge in [-0.15, -0.1) is 0 Å². The van der Waals surface area contributed by atoms with Crippen LogP contribution in [0.15, 0.2) is 0 Å². The highest BCUT2D eigenvalue weighted by Crippen LogP contribution is 2.39. The molecule has 1 saturated heterocycles. The largest absolute Gasteiger partial charge is 0.480 e. The van der Waals surface area contributed by atoms with Gasteiger partial charge in [0.2, 0.25) is 0 Å². The first-order valence-corrected chi connectivity index (χ1v) is 9.35. The zero-order chi connectivity index (χ0) is 17.7. The SMILES string of the molecule is CCCCN(CC1CCC2CNC(C(=O)O)CC2C1)C(C)C(=O)O. The van der Waals surface area contributed by atoms with Crippen LogP contribution in [0.5, 0.6) is 0 Å². The Morgan fingerprint density at radius 2 is 1.96 bits per heavy atom. The van der Waals surface area contributed by atoms with Crippen molar-refractivity contribution in [2.75, 3.05) is 19.6 Å². The van der Waals surface area contributed by atoms with Gasteiger partial charge in [0.1, 0.15) is 12.1 Å². The Kier molecular flexibility index (Phi) is 7.04. The van der Waals surface area contributed by atoms with Crippen LogP contribution in [0.25, 0.3) is 0 Å². The standard InChI is InChI=1S/C18H32N2O4/c1-3-4-7-20(12(2)17(21)22)11-13-5-6-14-10-19-16(18(23)24)9-15(14)8-13/h12-16,19H,3-11H2,1-2H3,(H,21,22)(H,23,24). The van der Waals surface area contributed by atoms with E-state index in [4.69, 9.17) is 0 Å². The molecule has 0 bridgehead atoms. The first-order valence-electron chi connectivity index (χ1n) is 9.35. The third kappa shape index (κ3) is 4.93. The molecule has 6 nitrogen and oxygen atoms in total. The average Bonchev–Trinajstić information content (AvgIpc) is 2.57. The highest BCUT2D eigenvalue weighted by Gasteiger charge is 2.38. The van der Waals surface area contributed by atoms with E-state index < -0.39 is 24.0 Å². The Labute approximate surface area is 144 Å². The molecule has 138 valence electrons. The predicted octanol–water partition coefficient (Wildman–Crippen LogP) is 2.04. The number of hydrogen-bond acceptors (Lipinski definition) is 4. The second-order valence-corrected chi connectivity index (χ2v) is 7.60. The van der Waals surface area contributed by atoms with Gasteiger partial charge in [0, 0.05) is 6.54 Å². The smallest absolute Gasteiger partial charge is 0.320 e. The summed E-state index contributed by atoms with van der Waals surface area (Å²) in [4.78, 5) is 24.7. The topological polar surface area (TPSA) is 89.9 Å². The van der Waals surface area contributed by atoms with Gasteiger partial charge in [0.05, 0.1) is 0 Å². The van der Waals surface area contributed by atoms with Gasteiger partial charge in [0.25, 0.3) is 0 Å². The monoisotopic (exact) mass is 340 g/mol. The molecule has 0 aromatic rings. The molecule has 0 amide bonds. The summed E-state index contributed by atoms with van der Waals surface area (Å²) in [6.07, 6.45) is 6.06. The lowest BCUT2D eigenvalue weighted by molar-refractivity contribution is -0.144. The zero-order valence-electron chi connectivity index (χ0n) is 14.9. The lowest BCUT2D eigenvalue weighted by Crippen LogP contribution is -2.50. The van der Waals surface area contributed by atoms with Crippen LogP contribution in [0.1, 0.15) is 52.4 Å². The van der Waals surface area contributed by atoms with Crippen molar-refractivity contribution in [1.29, 1.82) is 0 Å².